The van der Waals surface area contributed by atoms with Crippen molar-refractivity contribution in [2.75, 3.05) is 6.54 Å². The molecule has 54 valence electrons. The molecule has 0 heterocycles. The SMILES string of the molecule is [2H]C(=O)[C@@H](N)CCCCN. The Hall–Kier alpha value is -0.410. The predicted molar refractivity (Wildman–Crippen MR) is 36.9 cm³/mol. The molecule has 0 saturated heterocycles. The van der Waals surface area contributed by atoms with Crippen molar-refractivity contribution in [1.82, 2.24) is 0 Å². The summed E-state index contributed by atoms with van der Waals surface area (Å²) in [7, 11) is 0. The molecule has 0 spiro atoms. The van der Waals surface area contributed by atoms with E-state index in [1.807, 2.05) is 0 Å². The minimum atomic E-state index is -0.683. The number of nitrogens with two attached hydrogens (primary N) is 2. The van der Waals surface area contributed by atoms with Crippen LogP contribution in [0.5, 0.6) is 0 Å². The highest BCUT2D eigenvalue weighted by molar-refractivity contribution is 5.56. The number of carbonyl (C=O) groups excluding carboxylic acids is 1. The van der Waals surface area contributed by atoms with E-state index in [4.69, 9.17) is 12.8 Å². The van der Waals surface area contributed by atoms with Gasteiger partial charge in [-0.2, -0.15) is 0 Å². The van der Waals surface area contributed by atoms with Gasteiger partial charge in [-0.25, -0.2) is 0 Å². The first-order valence-corrected chi connectivity index (χ1v) is 3.14. The Morgan fingerprint density at radius 2 is 2.33 bits per heavy atom. The highest BCUT2D eigenvalue weighted by atomic mass is 16.1. The van der Waals surface area contributed by atoms with Crippen molar-refractivity contribution in [2.24, 2.45) is 11.5 Å². The third-order valence-corrected chi connectivity index (χ3v) is 1.12. The molecule has 0 aromatic rings. The number of aldehydes is 1. The van der Waals surface area contributed by atoms with Gasteiger partial charge in [0.1, 0.15) is 7.63 Å². The Bertz CT molecular complexity index is 108. The quantitative estimate of drug-likeness (QED) is 0.395. The molecule has 0 saturated carbocycles. The summed E-state index contributed by atoms with van der Waals surface area (Å²) < 4.78 is 6.62. The molecule has 0 bridgehead atoms. The van der Waals surface area contributed by atoms with Gasteiger partial charge in [0.05, 0.1) is 6.04 Å². The highest BCUT2D eigenvalue weighted by Gasteiger charge is 1.96. The molecule has 3 heteroatoms. The molecular formula is C6H14N2O. The van der Waals surface area contributed by atoms with Crippen molar-refractivity contribution in [3.63, 3.8) is 0 Å². The van der Waals surface area contributed by atoms with Crippen LogP contribution < -0.4 is 11.5 Å². The molecule has 0 aliphatic carbocycles. The van der Waals surface area contributed by atoms with E-state index in [2.05, 4.69) is 0 Å². The topological polar surface area (TPSA) is 69.1 Å². The summed E-state index contributed by atoms with van der Waals surface area (Å²) in [6, 6.07) is -0.605. The first kappa shape index (κ1) is 6.71. The van der Waals surface area contributed by atoms with Crippen molar-refractivity contribution in [1.29, 1.82) is 0 Å². The standard InChI is InChI=1S/C6H14N2O/c7-4-2-1-3-6(8)5-9/h5-6H,1-4,7-8H2/t6-/m0/s1/i5D. The second kappa shape index (κ2) is 5.72. The van der Waals surface area contributed by atoms with Gasteiger partial charge in [-0.3, -0.25) is 0 Å². The zero-order chi connectivity index (χ0) is 7.98. The number of unbranched alkanes of at least 4 members (excludes halogenated alkanes) is 1. The lowest BCUT2D eigenvalue weighted by molar-refractivity contribution is -0.109. The molecule has 0 fully saturated rings. The van der Waals surface area contributed by atoms with Crippen LogP contribution in [0.2, 0.25) is 0 Å². The average molecular weight is 131 g/mol. The van der Waals surface area contributed by atoms with E-state index in [0.29, 0.717) is 13.0 Å². The lowest BCUT2D eigenvalue weighted by Crippen LogP contribution is -2.21. The van der Waals surface area contributed by atoms with Crippen LogP contribution in [-0.4, -0.2) is 18.8 Å². The summed E-state index contributed by atoms with van der Waals surface area (Å²) in [6.07, 6.45) is 1.61. The first-order valence-electron chi connectivity index (χ1n) is 3.64. The van der Waals surface area contributed by atoms with Crippen LogP contribution in [0.25, 0.3) is 0 Å². The first-order chi connectivity index (χ1) is 4.68. The van der Waals surface area contributed by atoms with Gasteiger partial charge in [0.2, 0.25) is 0 Å². The fraction of sp³-hybridized carbons (Fsp3) is 0.833. The fourth-order valence-corrected chi connectivity index (χ4v) is 0.568. The van der Waals surface area contributed by atoms with Crippen molar-refractivity contribution in [3.8, 4) is 0 Å². The maximum atomic E-state index is 10.2. The van der Waals surface area contributed by atoms with Crippen LogP contribution in [0.4, 0.5) is 0 Å². The van der Waals surface area contributed by atoms with Gasteiger partial charge in [0, 0.05) is 0 Å². The van der Waals surface area contributed by atoms with E-state index in [1.165, 1.54) is 0 Å². The van der Waals surface area contributed by atoms with E-state index in [0.717, 1.165) is 12.8 Å². The summed E-state index contributed by atoms with van der Waals surface area (Å²) in [6.45, 7) is 0.624. The van der Waals surface area contributed by atoms with E-state index in [9.17, 15) is 4.79 Å². The maximum absolute atomic E-state index is 10.2. The van der Waals surface area contributed by atoms with Crippen LogP contribution in [0.3, 0.4) is 0 Å². The average Bonchev–Trinajstić information content (AvgIpc) is 1.88. The second-order valence-electron chi connectivity index (χ2n) is 2.01. The lowest BCUT2D eigenvalue weighted by Gasteiger charge is -2.00. The predicted octanol–water partition coefficient (Wildman–Crippen LogP) is -0.358. The van der Waals surface area contributed by atoms with Crippen molar-refractivity contribution in [3.05, 3.63) is 0 Å². The van der Waals surface area contributed by atoms with E-state index >= 15 is 0 Å². The zero-order valence-electron chi connectivity index (χ0n) is 6.47. The number of carbonyl (C=O) groups is 1. The Morgan fingerprint density at radius 3 is 2.78 bits per heavy atom. The summed E-state index contributed by atoms with van der Waals surface area (Å²) in [5.41, 5.74) is 10.5. The monoisotopic (exact) mass is 131 g/mol. The second-order valence-corrected chi connectivity index (χ2v) is 2.01. The molecular weight excluding hydrogens is 116 g/mol. The van der Waals surface area contributed by atoms with Gasteiger partial charge >= 0.3 is 0 Å². The molecule has 4 N–H and O–H groups in total. The van der Waals surface area contributed by atoms with Crippen molar-refractivity contribution < 1.29 is 6.17 Å². The molecule has 3 nitrogen and oxygen atoms in total. The number of hydrogen-bond donors (Lipinski definition) is 2. The van der Waals surface area contributed by atoms with Crippen LogP contribution >= 0.6 is 0 Å². The minimum Gasteiger partial charge on any atom is -0.330 e. The largest absolute Gasteiger partial charge is 0.330 e. The van der Waals surface area contributed by atoms with Gasteiger partial charge in [0.25, 0.3) is 0 Å². The lowest BCUT2D eigenvalue weighted by atomic mass is 10.1. The molecule has 0 aromatic carbocycles. The van der Waals surface area contributed by atoms with E-state index in [1.54, 1.807) is 0 Å². The van der Waals surface area contributed by atoms with Crippen LogP contribution in [0, 0.1) is 0 Å². The minimum absolute atomic E-state index is 0.583. The van der Waals surface area contributed by atoms with Gasteiger partial charge in [-0.15, -0.1) is 0 Å². The molecule has 0 amide bonds. The molecule has 0 aliphatic heterocycles. The molecule has 9 heavy (non-hydrogen) atoms. The Kier molecular flexibility index (Phi) is 4.26. The molecule has 0 aromatic heterocycles. The van der Waals surface area contributed by atoms with E-state index < -0.39 is 12.3 Å². The summed E-state index contributed by atoms with van der Waals surface area (Å²) in [5, 5.41) is 0. The Labute approximate surface area is 56.8 Å². The molecule has 0 aliphatic rings. The number of rotatable bonds is 5. The normalized spacial score (nSPS) is 14.7. The summed E-state index contributed by atoms with van der Waals surface area (Å²) in [5.74, 6) is 0. The van der Waals surface area contributed by atoms with Crippen LogP contribution in [0.15, 0.2) is 0 Å². The van der Waals surface area contributed by atoms with Gasteiger partial charge < -0.3 is 16.3 Å². The Balaban J connectivity index is 3.21. The van der Waals surface area contributed by atoms with Crippen molar-refractivity contribution in [2.45, 2.75) is 25.3 Å². The Morgan fingerprint density at radius 1 is 1.67 bits per heavy atom. The van der Waals surface area contributed by atoms with Crippen molar-refractivity contribution >= 4 is 6.26 Å². The van der Waals surface area contributed by atoms with Gasteiger partial charge in [-0.1, -0.05) is 6.42 Å². The van der Waals surface area contributed by atoms with Crippen LogP contribution in [0.1, 0.15) is 20.6 Å². The zero-order valence-corrected chi connectivity index (χ0v) is 5.47. The van der Waals surface area contributed by atoms with Crippen LogP contribution in [-0.2, 0) is 4.79 Å². The summed E-state index contributed by atoms with van der Waals surface area (Å²) >= 11 is 0. The number of hydrogen-bond acceptors (Lipinski definition) is 3. The van der Waals surface area contributed by atoms with E-state index in [-0.39, 0.29) is 0 Å². The molecule has 0 unspecified atom stereocenters. The molecule has 1 atom stereocenters. The molecule has 0 rings (SSSR count). The van der Waals surface area contributed by atoms with Gasteiger partial charge in [-0.05, 0) is 19.4 Å². The molecule has 0 radical (unpaired) electrons. The summed E-state index contributed by atoms with van der Waals surface area (Å²) in [4.78, 5) is 10.2. The van der Waals surface area contributed by atoms with Gasteiger partial charge in [0.15, 0.2) is 0 Å². The maximum Gasteiger partial charge on any atom is 0.136 e. The third kappa shape index (κ3) is 5.46. The third-order valence-electron chi connectivity index (χ3n) is 1.12. The fourth-order valence-electron chi connectivity index (χ4n) is 0.568. The smallest absolute Gasteiger partial charge is 0.136 e. The highest BCUT2D eigenvalue weighted by Crippen LogP contribution is 1.94.